The van der Waals surface area contributed by atoms with Crippen LogP contribution in [0.15, 0.2) is 36.5 Å². The highest BCUT2D eigenvalue weighted by Crippen LogP contribution is 2.48. The fourth-order valence-corrected chi connectivity index (χ4v) is 4.16. The molecule has 32 heavy (non-hydrogen) atoms. The van der Waals surface area contributed by atoms with E-state index in [0.29, 0.717) is 43.9 Å². The number of rotatable bonds is 3. The molecular weight excluding hydrogens is 436 g/mol. The average molecular weight is 457 g/mol. The van der Waals surface area contributed by atoms with Crippen LogP contribution in [0.1, 0.15) is 34.7 Å². The summed E-state index contributed by atoms with van der Waals surface area (Å²) < 4.78 is 77.1. The van der Waals surface area contributed by atoms with Gasteiger partial charge in [0.15, 0.2) is 0 Å². The van der Waals surface area contributed by atoms with Crippen molar-refractivity contribution >= 4 is 11.6 Å². The Bertz CT molecular complexity index is 994. The summed E-state index contributed by atoms with van der Waals surface area (Å²) in [6, 6.07) is 5.93. The maximum atomic E-state index is 13.1. The number of amides is 1. The molecule has 2 fully saturated rings. The minimum Gasteiger partial charge on any atom is -0.368 e. The van der Waals surface area contributed by atoms with Gasteiger partial charge in [0.2, 0.25) is 5.91 Å². The number of carbonyl (C=O) groups excluding carboxylic acids is 1. The number of piperazine rings is 1. The molecule has 4 nitrogen and oxygen atoms in total. The van der Waals surface area contributed by atoms with Gasteiger partial charge < -0.3 is 9.80 Å². The van der Waals surface area contributed by atoms with E-state index in [2.05, 4.69) is 4.98 Å². The number of halogens is 6. The van der Waals surface area contributed by atoms with E-state index >= 15 is 0 Å². The number of hydrogen-bond donors (Lipinski definition) is 0. The standard InChI is InChI=1S/C22H21F6N3O/c1-13-2-4-15(21(23,24)25)10-18(13)30-6-8-31(9-7-30)20(32)17-11-16(17)14-3-5-19(29-12-14)22(26,27)28/h2-5,10,12,16-17H,6-9,11H2,1H3/t16?,17-/m0/s1. The van der Waals surface area contributed by atoms with Gasteiger partial charge in [0.05, 0.1) is 5.56 Å². The molecule has 2 atom stereocenters. The summed E-state index contributed by atoms with van der Waals surface area (Å²) in [5.74, 6) is -0.522. The van der Waals surface area contributed by atoms with E-state index in [1.807, 2.05) is 4.90 Å². The van der Waals surface area contributed by atoms with Crippen LogP contribution in [-0.2, 0) is 17.1 Å². The average Bonchev–Trinajstić information content (AvgIpc) is 3.53. The molecule has 0 bridgehead atoms. The van der Waals surface area contributed by atoms with E-state index in [-0.39, 0.29) is 17.7 Å². The number of aryl methyl sites for hydroxylation is 1. The first kappa shape index (κ1) is 22.4. The Labute approximate surface area is 180 Å². The van der Waals surface area contributed by atoms with Crippen LogP contribution in [0.2, 0.25) is 0 Å². The van der Waals surface area contributed by atoms with E-state index in [1.165, 1.54) is 18.3 Å². The number of pyridine rings is 1. The fraction of sp³-hybridized carbons (Fsp3) is 0.455. The van der Waals surface area contributed by atoms with Crippen molar-refractivity contribution in [3.63, 3.8) is 0 Å². The van der Waals surface area contributed by atoms with Crippen LogP contribution >= 0.6 is 0 Å². The first-order valence-corrected chi connectivity index (χ1v) is 10.2. The Morgan fingerprint density at radius 1 is 0.969 bits per heavy atom. The Kier molecular flexibility index (Phi) is 5.58. The van der Waals surface area contributed by atoms with Gasteiger partial charge in [0, 0.05) is 44.0 Å². The summed E-state index contributed by atoms with van der Waals surface area (Å²) >= 11 is 0. The molecule has 0 radical (unpaired) electrons. The maximum Gasteiger partial charge on any atom is 0.433 e. The minimum atomic E-state index is -4.51. The van der Waals surface area contributed by atoms with Crippen molar-refractivity contribution in [3.8, 4) is 0 Å². The Morgan fingerprint density at radius 3 is 2.22 bits per heavy atom. The van der Waals surface area contributed by atoms with Crippen LogP contribution in [0, 0.1) is 12.8 Å². The van der Waals surface area contributed by atoms with Crippen molar-refractivity contribution in [1.82, 2.24) is 9.88 Å². The van der Waals surface area contributed by atoms with Crippen LogP contribution in [-0.4, -0.2) is 42.0 Å². The highest BCUT2D eigenvalue weighted by molar-refractivity contribution is 5.83. The van der Waals surface area contributed by atoms with Crippen LogP contribution in [0.3, 0.4) is 0 Å². The van der Waals surface area contributed by atoms with Crippen molar-refractivity contribution in [2.75, 3.05) is 31.1 Å². The zero-order valence-corrected chi connectivity index (χ0v) is 17.2. The summed E-state index contributed by atoms with van der Waals surface area (Å²) in [7, 11) is 0. The summed E-state index contributed by atoms with van der Waals surface area (Å²) in [5.41, 5.74) is 0.171. The van der Waals surface area contributed by atoms with Gasteiger partial charge in [-0.15, -0.1) is 0 Å². The topological polar surface area (TPSA) is 36.4 Å². The lowest BCUT2D eigenvalue weighted by atomic mass is 10.1. The summed E-state index contributed by atoms with van der Waals surface area (Å²) in [6.07, 6.45) is -7.20. The number of aromatic nitrogens is 1. The van der Waals surface area contributed by atoms with Gasteiger partial charge in [-0.1, -0.05) is 12.1 Å². The number of anilines is 1. The van der Waals surface area contributed by atoms with E-state index in [4.69, 9.17) is 0 Å². The first-order chi connectivity index (χ1) is 14.9. The van der Waals surface area contributed by atoms with Crippen molar-refractivity contribution in [1.29, 1.82) is 0 Å². The molecule has 1 saturated carbocycles. The molecule has 0 N–H and O–H groups in total. The molecule has 2 aliphatic rings. The van der Waals surface area contributed by atoms with E-state index < -0.39 is 23.6 Å². The molecule has 1 aromatic heterocycles. The third kappa shape index (κ3) is 4.54. The normalized spacial score (nSPS) is 21.6. The van der Waals surface area contributed by atoms with E-state index in [1.54, 1.807) is 11.8 Å². The number of alkyl halides is 6. The summed E-state index contributed by atoms with van der Waals surface area (Å²) in [5, 5.41) is 0. The monoisotopic (exact) mass is 457 g/mol. The van der Waals surface area contributed by atoms with Crippen LogP contribution in [0.25, 0.3) is 0 Å². The third-order valence-electron chi connectivity index (χ3n) is 6.08. The zero-order chi connectivity index (χ0) is 23.3. The quantitative estimate of drug-likeness (QED) is 0.617. The van der Waals surface area contributed by atoms with Crippen molar-refractivity contribution in [2.24, 2.45) is 5.92 Å². The number of carbonyl (C=O) groups is 1. The lowest BCUT2D eigenvalue weighted by Gasteiger charge is -2.37. The van der Waals surface area contributed by atoms with Gasteiger partial charge in [-0.2, -0.15) is 26.3 Å². The molecule has 1 aliphatic heterocycles. The van der Waals surface area contributed by atoms with E-state index in [0.717, 1.165) is 23.8 Å². The first-order valence-electron chi connectivity index (χ1n) is 10.2. The van der Waals surface area contributed by atoms with Gasteiger partial charge in [0.1, 0.15) is 5.69 Å². The number of benzene rings is 1. The van der Waals surface area contributed by atoms with Gasteiger partial charge in [0.25, 0.3) is 0 Å². The van der Waals surface area contributed by atoms with Crippen LogP contribution in [0.4, 0.5) is 32.0 Å². The van der Waals surface area contributed by atoms with E-state index in [9.17, 15) is 31.1 Å². The SMILES string of the molecule is Cc1ccc(C(F)(F)F)cc1N1CCN(C(=O)[C@H]2CC2c2ccc(C(F)(F)F)nc2)CC1. The second-order valence-electron chi connectivity index (χ2n) is 8.23. The molecule has 2 heterocycles. The Morgan fingerprint density at radius 2 is 1.66 bits per heavy atom. The minimum absolute atomic E-state index is 0.0738. The van der Waals surface area contributed by atoms with Crippen molar-refractivity contribution < 1.29 is 31.1 Å². The van der Waals surface area contributed by atoms with Crippen molar-refractivity contribution in [2.45, 2.75) is 31.6 Å². The Hall–Kier alpha value is -2.78. The molecular formula is C22H21F6N3O. The molecule has 1 aromatic carbocycles. The molecule has 2 aromatic rings. The highest BCUT2D eigenvalue weighted by Gasteiger charge is 2.46. The second-order valence-corrected chi connectivity index (χ2v) is 8.23. The molecule has 4 rings (SSSR count). The zero-order valence-electron chi connectivity index (χ0n) is 17.2. The van der Waals surface area contributed by atoms with Gasteiger partial charge in [-0.05, 0) is 48.6 Å². The molecule has 1 unspecified atom stereocenters. The van der Waals surface area contributed by atoms with Crippen LogP contribution < -0.4 is 4.90 Å². The number of hydrogen-bond acceptors (Lipinski definition) is 3. The van der Waals surface area contributed by atoms with Gasteiger partial charge in [-0.3, -0.25) is 9.78 Å². The van der Waals surface area contributed by atoms with Gasteiger partial charge >= 0.3 is 12.4 Å². The fourth-order valence-electron chi connectivity index (χ4n) is 4.16. The maximum absolute atomic E-state index is 13.1. The third-order valence-corrected chi connectivity index (χ3v) is 6.08. The largest absolute Gasteiger partial charge is 0.433 e. The molecule has 0 spiro atoms. The predicted molar refractivity (Wildman–Crippen MR) is 105 cm³/mol. The lowest BCUT2D eigenvalue weighted by molar-refractivity contribution is -0.141. The smallest absolute Gasteiger partial charge is 0.368 e. The predicted octanol–water partition coefficient (Wildman–Crippen LogP) is 4.88. The second kappa shape index (κ2) is 7.97. The molecule has 1 saturated heterocycles. The van der Waals surface area contributed by atoms with Crippen molar-refractivity contribution in [3.05, 3.63) is 58.9 Å². The molecule has 10 heteroatoms. The number of nitrogens with zero attached hydrogens (tertiary/aromatic N) is 3. The Balaban J connectivity index is 1.36. The molecule has 172 valence electrons. The molecule has 1 aliphatic carbocycles. The summed E-state index contributed by atoms with van der Waals surface area (Å²) in [6.45, 7) is 3.33. The lowest BCUT2D eigenvalue weighted by Crippen LogP contribution is -2.49. The summed E-state index contributed by atoms with van der Waals surface area (Å²) in [4.78, 5) is 19.8. The molecule has 1 amide bonds. The van der Waals surface area contributed by atoms with Crippen LogP contribution in [0.5, 0.6) is 0 Å². The highest BCUT2D eigenvalue weighted by atomic mass is 19.4. The van der Waals surface area contributed by atoms with Gasteiger partial charge in [-0.25, -0.2) is 0 Å².